The fourth-order valence-corrected chi connectivity index (χ4v) is 1.32. The number of hydrogen-bond donors (Lipinski definition) is 1. The molecule has 1 nitrogen and oxygen atoms in total. The van der Waals surface area contributed by atoms with Crippen LogP contribution in [0.1, 0.15) is 47.5 Å². The van der Waals surface area contributed by atoms with E-state index in [1.54, 1.807) is 0 Å². The van der Waals surface area contributed by atoms with Crippen LogP contribution >= 0.6 is 0 Å². The monoisotopic (exact) mass is 197 g/mol. The SMILES string of the molecule is C=C(CNC)C(C)(C)CCC(C)(C)C. The molecule has 0 aromatic heterocycles. The van der Waals surface area contributed by atoms with Gasteiger partial charge in [-0.05, 0) is 30.7 Å². The summed E-state index contributed by atoms with van der Waals surface area (Å²) in [5.74, 6) is 0. The summed E-state index contributed by atoms with van der Waals surface area (Å²) < 4.78 is 0. The maximum atomic E-state index is 4.15. The highest BCUT2D eigenvalue weighted by Gasteiger charge is 2.23. The molecule has 0 saturated carbocycles. The summed E-state index contributed by atoms with van der Waals surface area (Å²) in [5, 5.41) is 3.17. The molecular formula is C13H27N. The second kappa shape index (κ2) is 4.97. The first-order valence-corrected chi connectivity index (χ1v) is 5.52. The predicted molar refractivity (Wildman–Crippen MR) is 65.5 cm³/mol. The van der Waals surface area contributed by atoms with Crippen molar-refractivity contribution in [1.82, 2.24) is 5.32 Å². The van der Waals surface area contributed by atoms with E-state index in [2.05, 4.69) is 46.5 Å². The summed E-state index contributed by atoms with van der Waals surface area (Å²) in [6.07, 6.45) is 2.47. The highest BCUT2D eigenvalue weighted by molar-refractivity contribution is 5.08. The molecule has 0 fully saturated rings. The number of rotatable bonds is 5. The Bertz CT molecular complexity index is 184. The van der Waals surface area contributed by atoms with Gasteiger partial charge in [0.2, 0.25) is 0 Å². The van der Waals surface area contributed by atoms with Gasteiger partial charge in [-0.2, -0.15) is 0 Å². The summed E-state index contributed by atoms with van der Waals surface area (Å²) >= 11 is 0. The van der Waals surface area contributed by atoms with Crippen molar-refractivity contribution in [1.29, 1.82) is 0 Å². The maximum absolute atomic E-state index is 4.15. The Kier molecular flexibility index (Phi) is 4.87. The third kappa shape index (κ3) is 5.43. The summed E-state index contributed by atoms with van der Waals surface area (Å²) in [6, 6.07) is 0. The maximum Gasteiger partial charge on any atom is 0.0164 e. The molecule has 1 N–H and O–H groups in total. The van der Waals surface area contributed by atoms with Crippen molar-refractivity contribution in [2.75, 3.05) is 13.6 Å². The Morgan fingerprint density at radius 1 is 1.07 bits per heavy atom. The number of nitrogens with one attached hydrogen (secondary N) is 1. The summed E-state index contributed by atoms with van der Waals surface area (Å²) in [7, 11) is 1.98. The Labute approximate surface area is 90.0 Å². The molecule has 0 radical (unpaired) electrons. The van der Waals surface area contributed by atoms with Gasteiger partial charge in [0.05, 0.1) is 0 Å². The zero-order valence-electron chi connectivity index (χ0n) is 10.8. The van der Waals surface area contributed by atoms with Gasteiger partial charge in [0.25, 0.3) is 0 Å². The minimum atomic E-state index is 0.260. The van der Waals surface area contributed by atoms with Crippen molar-refractivity contribution in [3.8, 4) is 0 Å². The van der Waals surface area contributed by atoms with Crippen molar-refractivity contribution in [3.05, 3.63) is 12.2 Å². The van der Waals surface area contributed by atoms with Gasteiger partial charge in [0.15, 0.2) is 0 Å². The van der Waals surface area contributed by atoms with Crippen LogP contribution in [0.15, 0.2) is 12.2 Å². The Hall–Kier alpha value is -0.300. The molecule has 0 aliphatic heterocycles. The zero-order valence-corrected chi connectivity index (χ0v) is 10.8. The van der Waals surface area contributed by atoms with Crippen molar-refractivity contribution in [2.24, 2.45) is 10.8 Å². The number of likely N-dealkylation sites (N-methyl/N-ethyl adjacent to an activating group) is 1. The summed E-state index contributed by atoms with van der Waals surface area (Å²) in [5.41, 5.74) is 2.00. The molecular weight excluding hydrogens is 170 g/mol. The largest absolute Gasteiger partial charge is 0.316 e. The second-order valence-electron chi connectivity index (χ2n) is 6.08. The molecule has 0 rings (SSSR count). The molecule has 0 spiro atoms. The standard InChI is InChI=1S/C13H27N/c1-11(10-14-7)13(5,6)9-8-12(2,3)4/h14H,1,8-10H2,2-7H3. The molecule has 0 aromatic carbocycles. The van der Waals surface area contributed by atoms with E-state index in [0.29, 0.717) is 5.41 Å². The molecule has 0 aliphatic carbocycles. The third-order valence-electron chi connectivity index (χ3n) is 2.85. The van der Waals surface area contributed by atoms with Crippen molar-refractivity contribution >= 4 is 0 Å². The highest BCUT2D eigenvalue weighted by atomic mass is 14.8. The van der Waals surface area contributed by atoms with E-state index in [1.165, 1.54) is 18.4 Å². The molecule has 0 aliphatic rings. The second-order valence-corrected chi connectivity index (χ2v) is 6.08. The first kappa shape index (κ1) is 13.7. The van der Waals surface area contributed by atoms with Crippen molar-refractivity contribution in [2.45, 2.75) is 47.5 Å². The normalized spacial score (nSPS) is 13.0. The van der Waals surface area contributed by atoms with E-state index in [9.17, 15) is 0 Å². The minimum absolute atomic E-state index is 0.260. The molecule has 14 heavy (non-hydrogen) atoms. The first-order chi connectivity index (χ1) is 6.19. The van der Waals surface area contributed by atoms with Crippen LogP contribution in [-0.4, -0.2) is 13.6 Å². The molecule has 0 atom stereocenters. The molecule has 0 amide bonds. The number of hydrogen-bond acceptors (Lipinski definition) is 1. The van der Waals surface area contributed by atoms with Gasteiger partial charge in [-0.3, -0.25) is 0 Å². The van der Waals surface area contributed by atoms with Gasteiger partial charge in [-0.1, -0.05) is 46.8 Å². The van der Waals surface area contributed by atoms with E-state index in [-0.39, 0.29) is 5.41 Å². The molecule has 0 bridgehead atoms. The molecule has 84 valence electrons. The molecule has 0 saturated heterocycles. The van der Waals surface area contributed by atoms with Crippen LogP contribution in [0.4, 0.5) is 0 Å². The molecule has 0 heterocycles. The summed E-state index contributed by atoms with van der Waals surface area (Å²) in [6.45, 7) is 16.5. The molecule has 1 heteroatoms. The van der Waals surface area contributed by atoms with Crippen molar-refractivity contribution < 1.29 is 0 Å². The lowest BCUT2D eigenvalue weighted by Crippen LogP contribution is -2.24. The van der Waals surface area contributed by atoms with E-state index in [4.69, 9.17) is 0 Å². The van der Waals surface area contributed by atoms with Crippen LogP contribution in [0.25, 0.3) is 0 Å². The lowest BCUT2D eigenvalue weighted by Gasteiger charge is -2.31. The van der Waals surface area contributed by atoms with Gasteiger partial charge >= 0.3 is 0 Å². The smallest absolute Gasteiger partial charge is 0.0164 e. The highest BCUT2D eigenvalue weighted by Crippen LogP contribution is 2.34. The van der Waals surface area contributed by atoms with Crippen LogP contribution in [-0.2, 0) is 0 Å². The average Bonchev–Trinajstić information content (AvgIpc) is 2.00. The topological polar surface area (TPSA) is 12.0 Å². The lowest BCUT2D eigenvalue weighted by molar-refractivity contribution is 0.286. The zero-order chi connectivity index (χ0) is 11.4. The van der Waals surface area contributed by atoms with Crippen LogP contribution in [0.3, 0.4) is 0 Å². The van der Waals surface area contributed by atoms with Gasteiger partial charge in [-0.25, -0.2) is 0 Å². The third-order valence-corrected chi connectivity index (χ3v) is 2.85. The van der Waals surface area contributed by atoms with Gasteiger partial charge in [-0.15, -0.1) is 0 Å². The van der Waals surface area contributed by atoms with Crippen molar-refractivity contribution in [3.63, 3.8) is 0 Å². The van der Waals surface area contributed by atoms with E-state index in [0.717, 1.165) is 6.54 Å². The first-order valence-electron chi connectivity index (χ1n) is 5.52. The van der Waals surface area contributed by atoms with Crippen LogP contribution in [0, 0.1) is 10.8 Å². The fraction of sp³-hybridized carbons (Fsp3) is 0.846. The fourth-order valence-electron chi connectivity index (χ4n) is 1.32. The van der Waals surface area contributed by atoms with Crippen LogP contribution < -0.4 is 5.32 Å². The van der Waals surface area contributed by atoms with Gasteiger partial charge in [0.1, 0.15) is 0 Å². The Morgan fingerprint density at radius 3 is 1.93 bits per heavy atom. The lowest BCUT2D eigenvalue weighted by atomic mass is 9.76. The van der Waals surface area contributed by atoms with E-state index in [1.807, 2.05) is 7.05 Å². The Balaban J connectivity index is 4.13. The average molecular weight is 197 g/mol. The van der Waals surface area contributed by atoms with E-state index >= 15 is 0 Å². The van der Waals surface area contributed by atoms with E-state index < -0.39 is 0 Å². The minimum Gasteiger partial charge on any atom is -0.316 e. The molecule has 0 aromatic rings. The van der Waals surface area contributed by atoms with Gasteiger partial charge < -0.3 is 5.32 Å². The molecule has 0 unspecified atom stereocenters. The Morgan fingerprint density at radius 2 is 1.57 bits per heavy atom. The quantitative estimate of drug-likeness (QED) is 0.664. The predicted octanol–water partition coefficient (Wildman–Crippen LogP) is 3.61. The van der Waals surface area contributed by atoms with Crippen LogP contribution in [0.5, 0.6) is 0 Å². The summed E-state index contributed by atoms with van der Waals surface area (Å²) in [4.78, 5) is 0. The van der Waals surface area contributed by atoms with Gasteiger partial charge in [0, 0.05) is 6.54 Å². The van der Waals surface area contributed by atoms with Crippen LogP contribution in [0.2, 0.25) is 0 Å².